The van der Waals surface area contributed by atoms with Crippen LogP contribution in [-0.2, 0) is 14.6 Å². The SMILES string of the molecule is O=C(NCC1(CO)CCS(=O)(=O)CC1)OCC1c2ccccc2-c2ccccc21. The number of ether oxygens (including phenoxy) is 1. The first-order chi connectivity index (χ1) is 13.9. The van der Waals surface area contributed by atoms with Crippen LogP contribution in [0.4, 0.5) is 4.79 Å². The molecule has 1 amide bonds. The molecule has 154 valence electrons. The van der Waals surface area contributed by atoms with Crippen molar-refractivity contribution in [3.05, 3.63) is 59.7 Å². The van der Waals surface area contributed by atoms with Crippen molar-refractivity contribution in [2.45, 2.75) is 18.8 Å². The number of aliphatic hydroxyl groups excluding tert-OH is 1. The number of alkyl carbamates (subject to hydrolysis) is 1. The average Bonchev–Trinajstić information content (AvgIpc) is 3.06. The summed E-state index contributed by atoms with van der Waals surface area (Å²) in [6.45, 7) is 0.266. The van der Waals surface area contributed by atoms with Crippen LogP contribution in [0.25, 0.3) is 11.1 Å². The maximum atomic E-state index is 12.3. The van der Waals surface area contributed by atoms with Gasteiger partial charge in [-0.1, -0.05) is 48.5 Å². The molecule has 6 nitrogen and oxygen atoms in total. The number of benzene rings is 2. The summed E-state index contributed by atoms with van der Waals surface area (Å²) < 4.78 is 28.8. The van der Waals surface area contributed by atoms with Crippen molar-refractivity contribution in [1.82, 2.24) is 5.32 Å². The second kappa shape index (κ2) is 7.80. The minimum absolute atomic E-state index is 0.0141. The molecular weight excluding hydrogens is 390 g/mol. The van der Waals surface area contributed by atoms with Gasteiger partial charge in [-0.15, -0.1) is 0 Å². The van der Waals surface area contributed by atoms with Crippen LogP contribution < -0.4 is 5.32 Å². The molecule has 0 aromatic heterocycles. The first-order valence-corrected chi connectivity index (χ1v) is 11.7. The summed E-state index contributed by atoms with van der Waals surface area (Å²) in [5.74, 6) is 0.0691. The van der Waals surface area contributed by atoms with E-state index >= 15 is 0 Å². The highest BCUT2D eigenvalue weighted by Crippen LogP contribution is 2.44. The third kappa shape index (κ3) is 4.02. The van der Waals surface area contributed by atoms with Crippen molar-refractivity contribution in [1.29, 1.82) is 0 Å². The summed E-state index contributed by atoms with van der Waals surface area (Å²) in [5, 5.41) is 12.5. The Morgan fingerprint density at radius 2 is 1.59 bits per heavy atom. The van der Waals surface area contributed by atoms with E-state index in [-0.39, 0.29) is 37.2 Å². The molecule has 7 heteroatoms. The minimum Gasteiger partial charge on any atom is -0.449 e. The Bertz CT molecular complexity index is 958. The lowest BCUT2D eigenvalue weighted by Gasteiger charge is -2.35. The molecule has 1 saturated heterocycles. The molecular formula is C22H25NO5S. The molecule has 1 fully saturated rings. The van der Waals surface area contributed by atoms with Crippen LogP contribution in [0.1, 0.15) is 29.9 Å². The van der Waals surface area contributed by atoms with Crippen molar-refractivity contribution >= 4 is 15.9 Å². The van der Waals surface area contributed by atoms with E-state index < -0.39 is 21.3 Å². The van der Waals surface area contributed by atoms with Gasteiger partial charge in [0, 0.05) is 17.9 Å². The predicted molar refractivity (Wildman–Crippen MR) is 110 cm³/mol. The number of hydrogen-bond donors (Lipinski definition) is 2. The smallest absolute Gasteiger partial charge is 0.407 e. The van der Waals surface area contributed by atoms with E-state index in [0.717, 1.165) is 11.1 Å². The fraction of sp³-hybridized carbons (Fsp3) is 0.409. The Labute approximate surface area is 170 Å². The average molecular weight is 416 g/mol. The number of nitrogens with one attached hydrogen (secondary N) is 1. The standard InChI is InChI=1S/C22H25NO5S/c24-15-22(9-11-29(26,27)12-10-22)14-23-21(25)28-13-20-18-7-3-1-5-16(18)17-6-2-4-8-19(17)20/h1-8,20,24H,9-15H2,(H,23,25). The molecule has 0 radical (unpaired) electrons. The molecule has 0 atom stereocenters. The van der Waals surface area contributed by atoms with Crippen LogP contribution in [0.3, 0.4) is 0 Å². The number of sulfone groups is 1. The van der Waals surface area contributed by atoms with Gasteiger partial charge in [-0.25, -0.2) is 13.2 Å². The lowest BCUT2D eigenvalue weighted by atomic mass is 9.83. The Balaban J connectivity index is 1.38. The van der Waals surface area contributed by atoms with Gasteiger partial charge in [-0.05, 0) is 35.1 Å². The normalized spacial score (nSPS) is 19.2. The summed E-state index contributed by atoms with van der Waals surface area (Å²) in [4.78, 5) is 12.3. The summed E-state index contributed by atoms with van der Waals surface area (Å²) in [5.41, 5.74) is 4.02. The lowest BCUT2D eigenvalue weighted by Crippen LogP contribution is -2.45. The third-order valence-corrected chi connectivity index (χ3v) is 7.83. The molecule has 0 spiro atoms. The molecule has 1 aliphatic carbocycles. The number of rotatable bonds is 5. The van der Waals surface area contributed by atoms with Crippen LogP contribution in [-0.4, -0.2) is 50.9 Å². The van der Waals surface area contributed by atoms with Crippen molar-refractivity contribution in [2.24, 2.45) is 5.41 Å². The zero-order valence-corrected chi connectivity index (χ0v) is 17.0. The molecule has 29 heavy (non-hydrogen) atoms. The second-order valence-corrected chi connectivity index (χ2v) is 10.3. The van der Waals surface area contributed by atoms with Crippen molar-refractivity contribution in [2.75, 3.05) is 31.3 Å². The Kier molecular flexibility index (Phi) is 5.36. The van der Waals surface area contributed by atoms with E-state index in [4.69, 9.17) is 4.74 Å². The highest BCUT2D eigenvalue weighted by molar-refractivity contribution is 7.91. The predicted octanol–water partition coefficient (Wildman–Crippen LogP) is 2.71. The van der Waals surface area contributed by atoms with Crippen LogP contribution >= 0.6 is 0 Å². The summed E-state index contributed by atoms with van der Waals surface area (Å²) in [6, 6.07) is 16.3. The second-order valence-electron chi connectivity index (χ2n) is 7.99. The fourth-order valence-corrected chi connectivity index (χ4v) is 5.96. The highest BCUT2D eigenvalue weighted by atomic mass is 32.2. The van der Waals surface area contributed by atoms with E-state index in [2.05, 4.69) is 29.6 Å². The zero-order valence-electron chi connectivity index (χ0n) is 16.1. The number of carbonyl (C=O) groups is 1. The number of aliphatic hydroxyl groups is 1. The van der Waals surface area contributed by atoms with Gasteiger partial charge in [-0.2, -0.15) is 0 Å². The first-order valence-electron chi connectivity index (χ1n) is 9.83. The Morgan fingerprint density at radius 3 is 2.14 bits per heavy atom. The van der Waals surface area contributed by atoms with Crippen LogP contribution in [0.15, 0.2) is 48.5 Å². The number of hydrogen-bond acceptors (Lipinski definition) is 5. The fourth-order valence-electron chi connectivity index (χ4n) is 4.27. The van der Waals surface area contributed by atoms with Crippen molar-refractivity contribution in [3.63, 3.8) is 0 Å². The minimum atomic E-state index is -3.04. The Morgan fingerprint density at radius 1 is 1.03 bits per heavy atom. The van der Waals surface area contributed by atoms with Gasteiger partial charge >= 0.3 is 6.09 Å². The van der Waals surface area contributed by atoms with E-state index in [9.17, 15) is 18.3 Å². The first kappa shape index (κ1) is 19.9. The van der Waals surface area contributed by atoms with E-state index in [1.54, 1.807) is 0 Å². The van der Waals surface area contributed by atoms with Crippen molar-refractivity contribution in [3.8, 4) is 11.1 Å². The molecule has 0 bridgehead atoms. The van der Waals surface area contributed by atoms with Gasteiger partial charge in [0.05, 0.1) is 18.1 Å². The molecule has 2 aromatic rings. The zero-order chi connectivity index (χ0) is 20.5. The van der Waals surface area contributed by atoms with Gasteiger partial charge in [0.2, 0.25) is 0 Å². The summed E-state index contributed by atoms with van der Waals surface area (Å²) in [7, 11) is -3.04. The molecule has 1 heterocycles. The molecule has 2 N–H and O–H groups in total. The van der Waals surface area contributed by atoms with Gasteiger partial charge < -0.3 is 15.2 Å². The number of amides is 1. The summed E-state index contributed by atoms with van der Waals surface area (Å²) >= 11 is 0. The topological polar surface area (TPSA) is 92.7 Å². The van der Waals surface area contributed by atoms with Gasteiger partial charge in [0.15, 0.2) is 0 Å². The quantitative estimate of drug-likeness (QED) is 0.783. The van der Waals surface area contributed by atoms with Crippen molar-refractivity contribution < 1.29 is 23.1 Å². The van der Waals surface area contributed by atoms with E-state index in [1.165, 1.54) is 11.1 Å². The van der Waals surface area contributed by atoms with Crippen LogP contribution in [0, 0.1) is 5.41 Å². The molecule has 2 aromatic carbocycles. The van der Waals surface area contributed by atoms with E-state index in [1.807, 2.05) is 24.3 Å². The summed E-state index contributed by atoms with van der Waals surface area (Å²) in [6.07, 6.45) is 0.137. The highest BCUT2D eigenvalue weighted by Gasteiger charge is 2.37. The largest absolute Gasteiger partial charge is 0.449 e. The third-order valence-electron chi connectivity index (χ3n) is 6.17. The Hall–Kier alpha value is -2.38. The molecule has 4 rings (SSSR count). The van der Waals surface area contributed by atoms with Crippen LogP contribution in [0.2, 0.25) is 0 Å². The van der Waals surface area contributed by atoms with Crippen LogP contribution in [0.5, 0.6) is 0 Å². The van der Waals surface area contributed by atoms with Gasteiger partial charge in [-0.3, -0.25) is 0 Å². The van der Waals surface area contributed by atoms with E-state index in [0.29, 0.717) is 12.8 Å². The number of fused-ring (bicyclic) bond motifs is 3. The molecule has 0 unspecified atom stereocenters. The maximum Gasteiger partial charge on any atom is 0.407 e. The monoisotopic (exact) mass is 415 g/mol. The van der Waals surface area contributed by atoms with Gasteiger partial charge in [0.25, 0.3) is 0 Å². The van der Waals surface area contributed by atoms with Gasteiger partial charge in [0.1, 0.15) is 16.4 Å². The molecule has 0 saturated carbocycles. The number of carbonyl (C=O) groups excluding carboxylic acids is 1. The lowest BCUT2D eigenvalue weighted by molar-refractivity contribution is 0.0997. The maximum absolute atomic E-state index is 12.3. The molecule has 2 aliphatic rings. The molecule has 1 aliphatic heterocycles.